The van der Waals surface area contributed by atoms with Crippen LogP contribution in [0.4, 0.5) is 13.2 Å². The van der Waals surface area contributed by atoms with Crippen LogP contribution in [-0.2, 0) is 17.5 Å². The smallest absolute Gasteiger partial charge is 0.348 e. The summed E-state index contributed by atoms with van der Waals surface area (Å²) in [4.78, 5) is 17.4. The van der Waals surface area contributed by atoms with Gasteiger partial charge in [0.2, 0.25) is 5.91 Å². The quantitative estimate of drug-likeness (QED) is 0.886. The Bertz CT molecular complexity index is 506. The Morgan fingerprint density at radius 2 is 2.00 bits per heavy atom. The molecule has 0 saturated carbocycles. The average Bonchev–Trinajstić information content (AvgIpc) is 2.90. The van der Waals surface area contributed by atoms with Crippen LogP contribution in [0.5, 0.6) is 0 Å². The van der Waals surface area contributed by atoms with Gasteiger partial charge in [0.25, 0.3) is 5.82 Å². The van der Waals surface area contributed by atoms with Crippen LogP contribution in [0.1, 0.15) is 44.8 Å². The van der Waals surface area contributed by atoms with Gasteiger partial charge in [-0.1, -0.05) is 6.42 Å². The standard InChI is InChI=1S/C13H20F3N5O/c1-8-4-3-5-9(2)21(8)7-11(22)17-6-10-18-12(20-19-10)13(14,15)16/h8-9H,3-7H2,1-2H3,(H,17,22)(H,18,19,20)/t8-,9+. The van der Waals surface area contributed by atoms with Gasteiger partial charge in [-0.2, -0.15) is 13.2 Å². The zero-order valence-electron chi connectivity index (χ0n) is 12.6. The molecule has 1 aliphatic rings. The number of carbonyl (C=O) groups is 1. The number of alkyl halides is 3. The average molecular weight is 319 g/mol. The molecule has 2 atom stereocenters. The highest BCUT2D eigenvalue weighted by atomic mass is 19.4. The number of nitrogens with zero attached hydrogens (tertiary/aromatic N) is 3. The molecule has 2 N–H and O–H groups in total. The lowest BCUT2D eigenvalue weighted by molar-refractivity contribution is -0.144. The molecule has 9 heteroatoms. The SMILES string of the molecule is C[C@@H]1CCC[C@H](C)N1CC(=O)NCc1nc(C(F)(F)F)n[nH]1. The molecule has 124 valence electrons. The number of aromatic amines is 1. The molecule has 22 heavy (non-hydrogen) atoms. The van der Waals surface area contributed by atoms with Crippen LogP contribution in [-0.4, -0.2) is 44.6 Å². The van der Waals surface area contributed by atoms with Crippen LogP contribution in [0.2, 0.25) is 0 Å². The highest BCUT2D eigenvalue weighted by molar-refractivity contribution is 5.78. The summed E-state index contributed by atoms with van der Waals surface area (Å²) in [5.41, 5.74) is 0. The van der Waals surface area contributed by atoms with Crippen molar-refractivity contribution >= 4 is 5.91 Å². The Morgan fingerprint density at radius 3 is 2.55 bits per heavy atom. The van der Waals surface area contributed by atoms with Crippen molar-refractivity contribution in [1.29, 1.82) is 0 Å². The largest absolute Gasteiger partial charge is 0.453 e. The predicted octanol–water partition coefficient (Wildman–Crippen LogP) is 1.70. The number of carbonyl (C=O) groups excluding carboxylic acids is 1. The van der Waals surface area contributed by atoms with E-state index in [0.29, 0.717) is 12.1 Å². The molecule has 1 saturated heterocycles. The molecule has 1 amide bonds. The number of rotatable bonds is 4. The molecule has 2 rings (SSSR count). The van der Waals surface area contributed by atoms with Crippen molar-refractivity contribution in [3.05, 3.63) is 11.6 Å². The molecule has 0 bridgehead atoms. The van der Waals surface area contributed by atoms with E-state index in [9.17, 15) is 18.0 Å². The number of halogens is 3. The Balaban J connectivity index is 1.84. The number of amides is 1. The maximum Gasteiger partial charge on any atom is 0.453 e. The summed E-state index contributed by atoms with van der Waals surface area (Å²) in [6, 6.07) is 0.660. The molecule has 0 aromatic carbocycles. The summed E-state index contributed by atoms with van der Waals surface area (Å²) in [6.07, 6.45) is -1.33. The first-order valence-corrected chi connectivity index (χ1v) is 7.28. The number of likely N-dealkylation sites (tertiary alicyclic amines) is 1. The van der Waals surface area contributed by atoms with Crippen LogP contribution in [0, 0.1) is 0 Å². The minimum Gasteiger partial charge on any atom is -0.348 e. The second-order valence-corrected chi connectivity index (χ2v) is 5.68. The number of aromatic nitrogens is 3. The van der Waals surface area contributed by atoms with Crippen LogP contribution in [0.3, 0.4) is 0 Å². The molecule has 1 aromatic rings. The van der Waals surface area contributed by atoms with E-state index in [1.165, 1.54) is 0 Å². The van der Waals surface area contributed by atoms with Crippen molar-refractivity contribution in [3.63, 3.8) is 0 Å². The minimum atomic E-state index is -4.59. The van der Waals surface area contributed by atoms with Crippen molar-refractivity contribution in [2.45, 2.75) is 57.9 Å². The third-order valence-electron chi connectivity index (χ3n) is 3.94. The van der Waals surface area contributed by atoms with Crippen LogP contribution in [0.15, 0.2) is 0 Å². The van der Waals surface area contributed by atoms with E-state index in [1.807, 2.05) is 0 Å². The Hall–Kier alpha value is -1.64. The molecular formula is C13H20F3N5O. The summed E-state index contributed by atoms with van der Waals surface area (Å²) in [7, 11) is 0. The molecule has 0 spiro atoms. The van der Waals surface area contributed by atoms with E-state index in [0.717, 1.165) is 19.3 Å². The van der Waals surface area contributed by atoms with Crippen molar-refractivity contribution in [2.24, 2.45) is 0 Å². The lowest BCUT2D eigenvalue weighted by Crippen LogP contribution is -2.48. The molecule has 1 aromatic heterocycles. The van der Waals surface area contributed by atoms with Gasteiger partial charge in [-0.15, -0.1) is 5.10 Å². The maximum absolute atomic E-state index is 12.4. The van der Waals surface area contributed by atoms with Crippen LogP contribution < -0.4 is 5.32 Å². The molecular weight excluding hydrogens is 299 g/mol. The summed E-state index contributed by atoms with van der Waals surface area (Å²) in [5.74, 6) is -1.47. The Morgan fingerprint density at radius 1 is 1.36 bits per heavy atom. The summed E-state index contributed by atoms with van der Waals surface area (Å²) in [5, 5.41) is 7.83. The van der Waals surface area contributed by atoms with Gasteiger partial charge in [-0.05, 0) is 26.7 Å². The lowest BCUT2D eigenvalue weighted by atomic mass is 9.97. The molecule has 0 aliphatic carbocycles. The second kappa shape index (κ2) is 6.64. The van der Waals surface area contributed by atoms with E-state index in [4.69, 9.17) is 0 Å². The van der Waals surface area contributed by atoms with Gasteiger partial charge in [0.1, 0.15) is 5.82 Å². The second-order valence-electron chi connectivity index (χ2n) is 5.68. The highest BCUT2D eigenvalue weighted by Crippen LogP contribution is 2.25. The van der Waals surface area contributed by atoms with E-state index < -0.39 is 12.0 Å². The number of hydrogen-bond acceptors (Lipinski definition) is 4. The lowest BCUT2D eigenvalue weighted by Gasteiger charge is -2.38. The van der Waals surface area contributed by atoms with E-state index in [1.54, 1.807) is 0 Å². The van der Waals surface area contributed by atoms with Crippen LogP contribution in [0.25, 0.3) is 0 Å². The zero-order valence-corrected chi connectivity index (χ0v) is 12.6. The third-order valence-corrected chi connectivity index (χ3v) is 3.94. The fourth-order valence-corrected chi connectivity index (χ4v) is 2.69. The number of H-pyrrole nitrogens is 1. The fourth-order valence-electron chi connectivity index (χ4n) is 2.69. The summed E-state index contributed by atoms with van der Waals surface area (Å²) >= 11 is 0. The Kier molecular flexibility index (Phi) is 5.05. The number of nitrogens with one attached hydrogen (secondary N) is 2. The van der Waals surface area contributed by atoms with Crippen molar-refractivity contribution < 1.29 is 18.0 Å². The van der Waals surface area contributed by atoms with Crippen molar-refractivity contribution in [1.82, 2.24) is 25.4 Å². The minimum absolute atomic E-state index is 0.0135. The molecule has 1 fully saturated rings. The van der Waals surface area contributed by atoms with E-state index in [-0.39, 0.29) is 24.8 Å². The van der Waals surface area contributed by atoms with Gasteiger partial charge in [0.05, 0.1) is 13.1 Å². The van der Waals surface area contributed by atoms with Gasteiger partial charge < -0.3 is 5.32 Å². The molecule has 0 unspecified atom stereocenters. The summed E-state index contributed by atoms with van der Waals surface area (Å²) in [6.45, 7) is 4.30. The number of piperidine rings is 1. The predicted molar refractivity (Wildman–Crippen MR) is 72.7 cm³/mol. The van der Waals surface area contributed by atoms with Gasteiger partial charge in [-0.25, -0.2) is 4.98 Å². The van der Waals surface area contributed by atoms with Gasteiger partial charge in [-0.3, -0.25) is 14.8 Å². The van der Waals surface area contributed by atoms with Crippen LogP contribution >= 0.6 is 0 Å². The van der Waals surface area contributed by atoms with Gasteiger partial charge >= 0.3 is 6.18 Å². The first-order chi connectivity index (χ1) is 10.3. The Labute approximate surface area is 126 Å². The van der Waals surface area contributed by atoms with Crippen molar-refractivity contribution in [3.8, 4) is 0 Å². The molecule has 6 nitrogen and oxygen atoms in total. The topological polar surface area (TPSA) is 73.9 Å². The third kappa shape index (κ3) is 4.19. The van der Waals surface area contributed by atoms with E-state index in [2.05, 4.69) is 39.2 Å². The highest BCUT2D eigenvalue weighted by Gasteiger charge is 2.36. The molecule has 1 aliphatic heterocycles. The first-order valence-electron chi connectivity index (χ1n) is 7.28. The first kappa shape index (κ1) is 16.7. The summed E-state index contributed by atoms with van der Waals surface area (Å²) < 4.78 is 37.1. The zero-order chi connectivity index (χ0) is 16.3. The van der Waals surface area contributed by atoms with Crippen molar-refractivity contribution in [2.75, 3.05) is 6.54 Å². The monoisotopic (exact) mass is 319 g/mol. The normalized spacial score (nSPS) is 23.5. The van der Waals surface area contributed by atoms with E-state index >= 15 is 0 Å². The fraction of sp³-hybridized carbons (Fsp3) is 0.769. The number of hydrogen-bond donors (Lipinski definition) is 2. The molecule has 2 heterocycles. The molecule has 0 radical (unpaired) electrons. The van der Waals surface area contributed by atoms with Gasteiger partial charge in [0, 0.05) is 12.1 Å². The van der Waals surface area contributed by atoms with Gasteiger partial charge in [0.15, 0.2) is 0 Å². The maximum atomic E-state index is 12.4.